The van der Waals surface area contributed by atoms with Gasteiger partial charge in [-0.3, -0.25) is 4.79 Å². The molecule has 19 heavy (non-hydrogen) atoms. The van der Waals surface area contributed by atoms with E-state index in [9.17, 15) is 4.79 Å². The molecule has 2 rings (SSSR count). The van der Waals surface area contributed by atoms with Crippen LogP contribution in [0.3, 0.4) is 0 Å². The lowest BCUT2D eigenvalue weighted by atomic mass is 9.52. The van der Waals surface area contributed by atoms with E-state index in [2.05, 4.69) is 27.7 Å². The fraction of sp³-hybridized carbons (Fsp3) is 0.933. The highest BCUT2D eigenvalue weighted by Gasteiger charge is 2.51. The Morgan fingerprint density at radius 3 is 2.58 bits per heavy atom. The molecule has 0 spiro atoms. The molecule has 2 N–H and O–H groups in total. The van der Waals surface area contributed by atoms with Gasteiger partial charge < -0.3 is 10.6 Å². The van der Waals surface area contributed by atoms with Crippen molar-refractivity contribution in [3.63, 3.8) is 0 Å². The number of carbonyl (C=O) groups excluding carboxylic acids is 1. The van der Waals surface area contributed by atoms with Crippen molar-refractivity contribution in [2.45, 2.75) is 77.3 Å². The lowest BCUT2D eigenvalue weighted by molar-refractivity contribution is -0.142. The largest absolute Gasteiger partial charge is 0.337 e. The summed E-state index contributed by atoms with van der Waals surface area (Å²) in [5.74, 6) is 0.483. The minimum absolute atomic E-state index is 0.0740. The molecule has 4 heteroatoms. The van der Waals surface area contributed by atoms with Crippen molar-refractivity contribution in [1.29, 1.82) is 0 Å². The summed E-state index contributed by atoms with van der Waals surface area (Å²) < 4.78 is 0. The lowest BCUT2D eigenvalue weighted by Gasteiger charge is -2.53. The zero-order chi connectivity index (χ0) is 14.4. The molecule has 1 aliphatic carbocycles. The van der Waals surface area contributed by atoms with Crippen LogP contribution in [0.2, 0.25) is 0 Å². The number of likely N-dealkylation sites (tertiary alicyclic amines) is 1. The number of hydrogen-bond acceptors (Lipinski definition) is 2. The summed E-state index contributed by atoms with van der Waals surface area (Å²) in [6.45, 7) is 8.52. The van der Waals surface area contributed by atoms with Crippen molar-refractivity contribution in [2.75, 3.05) is 0 Å². The number of nitrogens with zero attached hydrogens (tertiary/aromatic N) is 1. The minimum atomic E-state index is -0.692. The van der Waals surface area contributed by atoms with Crippen molar-refractivity contribution in [1.82, 2.24) is 4.90 Å². The minimum Gasteiger partial charge on any atom is -0.337 e. The van der Waals surface area contributed by atoms with Gasteiger partial charge in [-0.15, -0.1) is 0 Å². The van der Waals surface area contributed by atoms with Gasteiger partial charge in [0.15, 0.2) is 0 Å². The molecule has 1 saturated carbocycles. The first-order valence-corrected chi connectivity index (χ1v) is 7.57. The van der Waals surface area contributed by atoms with Gasteiger partial charge in [0.25, 0.3) is 0 Å². The third-order valence-electron chi connectivity index (χ3n) is 5.42. The quantitative estimate of drug-likeness (QED) is 0.735. The van der Waals surface area contributed by atoms with Crippen LogP contribution in [0.25, 0.3) is 0 Å². The van der Waals surface area contributed by atoms with Crippen molar-refractivity contribution in [3.05, 3.63) is 0 Å². The maximum Gasteiger partial charge on any atom is 0.223 e. The lowest BCUT2D eigenvalue weighted by Crippen LogP contribution is -2.65. The van der Waals surface area contributed by atoms with Gasteiger partial charge in [-0.1, -0.05) is 20.3 Å². The number of piperidine rings is 1. The summed E-state index contributed by atoms with van der Waals surface area (Å²) in [6, 6.07) is 0.454. The van der Waals surface area contributed by atoms with Crippen molar-refractivity contribution >= 4 is 13.8 Å². The van der Waals surface area contributed by atoms with Crippen LogP contribution in [-0.2, 0) is 4.79 Å². The highest BCUT2D eigenvalue weighted by molar-refractivity contribution is 6.16. The van der Waals surface area contributed by atoms with Crippen LogP contribution in [0.4, 0.5) is 0 Å². The van der Waals surface area contributed by atoms with Gasteiger partial charge in [0, 0.05) is 18.5 Å². The molecule has 1 saturated heterocycles. The molecule has 2 radical (unpaired) electrons. The Hall–Kier alpha value is -0.505. The zero-order valence-electron chi connectivity index (χ0n) is 12.8. The van der Waals surface area contributed by atoms with E-state index in [-0.39, 0.29) is 29.3 Å². The monoisotopic (exact) mass is 262 g/mol. The third-order valence-corrected chi connectivity index (χ3v) is 5.42. The van der Waals surface area contributed by atoms with E-state index in [1.54, 1.807) is 0 Å². The highest BCUT2D eigenvalue weighted by atomic mass is 16.2. The predicted octanol–water partition coefficient (Wildman–Crippen LogP) is 2.04. The summed E-state index contributed by atoms with van der Waals surface area (Å²) in [4.78, 5) is 14.3. The fourth-order valence-corrected chi connectivity index (χ4v) is 4.02. The van der Waals surface area contributed by atoms with E-state index in [1.807, 2.05) is 4.90 Å². The topological polar surface area (TPSA) is 46.3 Å². The Balaban J connectivity index is 2.37. The smallest absolute Gasteiger partial charge is 0.223 e. The van der Waals surface area contributed by atoms with Crippen LogP contribution in [0, 0.1) is 11.3 Å². The Bertz CT molecular complexity index is 365. The van der Waals surface area contributed by atoms with Crippen molar-refractivity contribution in [2.24, 2.45) is 17.1 Å². The average molecular weight is 262 g/mol. The normalized spacial score (nSPS) is 39.1. The Labute approximate surface area is 118 Å². The molecule has 1 aliphatic heterocycles. The molecule has 3 unspecified atom stereocenters. The summed E-state index contributed by atoms with van der Waals surface area (Å²) in [7, 11) is 6.56. The first-order chi connectivity index (χ1) is 8.68. The molecular formula is C15H27BN2O. The van der Waals surface area contributed by atoms with E-state index in [0.717, 1.165) is 25.7 Å². The van der Waals surface area contributed by atoms with Crippen LogP contribution in [0.15, 0.2) is 0 Å². The molecule has 3 nitrogen and oxygen atoms in total. The van der Waals surface area contributed by atoms with E-state index in [1.165, 1.54) is 0 Å². The second-order valence-corrected chi connectivity index (χ2v) is 7.32. The molecule has 0 aromatic heterocycles. The second-order valence-electron chi connectivity index (χ2n) is 7.32. The standard InChI is InChI=1S/C15H27BN2O/c1-10(2)18-12-6-5-9-14(3,4)15(16,17)11(12)7-8-13(18)19/h10-12H,5-9,17H2,1-4H3. The van der Waals surface area contributed by atoms with Gasteiger partial charge in [0.2, 0.25) is 5.91 Å². The van der Waals surface area contributed by atoms with Crippen LogP contribution in [0.5, 0.6) is 0 Å². The predicted molar refractivity (Wildman–Crippen MR) is 78.8 cm³/mol. The first kappa shape index (κ1) is 14.9. The maximum atomic E-state index is 12.2. The van der Waals surface area contributed by atoms with Gasteiger partial charge in [-0.05, 0) is 49.9 Å². The molecule has 0 aromatic rings. The molecule has 0 bridgehead atoms. The van der Waals surface area contributed by atoms with E-state index in [4.69, 9.17) is 13.6 Å². The number of amides is 1. The molecule has 3 atom stereocenters. The summed E-state index contributed by atoms with van der Waals surface area (Å²) in [5, 5.41) is 0. The summed E-state index contributed by atoms with van der Waals surface area (Å²) >= 11 is 0. The van der Waals surface area contributed by atoms with Crippen molar-refractivity contribution in [3.8, 4) is 0 Å². The fourth-order valence-electron chi connectivity index (χ4n) is 4.02. The average Bonchev–Trinajstić information content (AvgIpc) is 2.34. The van der Waals surface area contributed by atoms with Crippen molar-refractivity contribution < 1.29 is 4.79 Å². The van der Waals surface area contributed by atoms with E-state index < -0.39 is 5.44 Å². The molecular weight excluding hydrogens is 235 g/mol. The number of nitrogens with two attached hydrogens (primary N) is 1. The van der Waals surface area contributed by atoms with Crippen LogP contribution < -0.4 is 5.73 Å². The Morgan fingerprint density at radius 1 is 1.37 bits per heavy atom. The number of carbonyl (C=O) groups is 1. The van der Waals surface area contributed by atoms with Crippen LogP contribution in [-0.4, -0.2) is 36.2 Å². The highest BCUT2D eigenvalue weighted by Crippen LogP contribution is 2.47. The van der Waals surface area contributed by atoms with Gasteiger partial charge in [-0.2, -0.15) is 0 Å². The number of hydrogen-bond donors (Lipinski definition) is 1. The molecule has 0 aromatic carbocycles. The maximum absolute atomic E-state index is 12.2. The Kier molecular flexibility index (Phi) is 3.76. The summed E-state index contributed by atoms with van der Waals surface area (Å²) in [6.07, 6.45) is 4.59. The molecule has 106 valence electrons. The van der Waals surface area contributed by atoms with Gasteiger partial charge in [-0.25, -0.2) is 0 Å². The van der Waals surface area contributed by atoms with Gasteiger partial charge in [0.1, 0.15) is 0 Å². The van der Waals surface area contributed by atoms with Crippen LogP contribution >= 0.6 is 0 Å². The number of rotatable bonds is 1. The Morgan fingerprint density at radius 2 is 2.00 bits per heavy atom. The molecule has 1 heterocycles. The second kappa shape index (κ2) is 4.80. The van der Waals surface area contributed by atoms with Gasteiger partial charge >= 0.3 is 0 Å². The number of fused-ring (bicyclic) bond motifs is 1. The molecule has 2 fully saturated rings. The zero-order valence-corrected chi connectivity index (χ0v) is 12.8. The molecule has 2 aliphatic rings. The molecule has 1 amide bonds. The third kappa shape index (κ3) is 2.33. The first-order valence-electron chi connectivity index (χ1n) is 7.57. The summed E-state index contributed by atoms with van der Waals surface area (Å²) in [5.41, 5.74) is 5.79. The SMILES string of the molecule is [B]C1(N)C2CCC(=O)N(C(C)C)C2CCCC1(C)C. The van der Waals surface area contributed by atoms with Crippen LogP contribution in [0.1, 0.15) is 59.8 Å². The van der Waals surface area contributed by atoms with E-state index in [0.29, 0.717) is 6.42 Å². The van der Waals surface area contributed by atoms with Gasteiger partial charge in [0.05, 0.1) is 7.85 Å². The van der Waals surface area contributed by atoms with E-state index >= 15 is 0 Å².